The highest BCUT2D eigenvalue weighted by Gasteiger charge is 2.27. The predicted octanol–water partition coefficient (Wildman–Crippen LogP) is 5.65. The molecule has 29 heavy (non-hydrogen) atoms. The van der Waals surface area contributed by atoms with Gasteiger partial charge >= 0.3 is 0 Å². The zero-order chi connectivity index (χ0) is 22.2. The van der Waals surface area contributed by atoms with Crippen LogP contribution in [0.2, 0.25) is 0 Å². The maximum Gasteiger partial charge on any atom is 0.254 e. The zero-order valence-corrected chi connectivity index (χ0v) is 20.3. The van der Waals surface area contributed by atoms with Crippen molar-refractivity contribution in [1.29, 1.82) is 0 Å². The van der Waals surface area contributed by atoms with Crippen LogP contribution in [0.25, 0.3) is 0 Å². The Labute approximate surface area is 179 Å². The van der Waals surface area contributed by atoms with Gasteiger partial charge in [0.1, 0.15) is 0 Å². The maximum absolute atomic E-state index is 12.9. The molecule has 0 bridgehead atoms. The summed E-state index contributed by atoms with van der Waals surface area (Å²) in [6, 6.07) is 8.33. The Morgan fingerprint density at radius 2 is 1.48 bits per heavy atom. The Morgan fingerprint density at radius 3 is 2.03 bits per heavy atom. The lowest BCUT2D eigenvalue weighted by Crippen LogP contribution is -2.42. The third-order valence-corrected chi connectivity index (χ3v) is 8.02. The molecule has 1 amide bonds. The summed E-state index contributed by atoms with van der Waals surface area (Å²) in [4.78, 5) is 14.8. The predicted molar refractivity (Wildman–Crippen MR) is 123 cm³/mol. The lowest BCUT2D eigenvalue weighted by atomic mass is 10.0. The Hall–Kier alpha value is -1.36. The highest BCUT2D eigenvalue weighted by Crippen LogP contribution is 2.19. The molecule has 0 aliphatic heterocycles. The molecule has 5 heteroatoms. The first-order chi connectivity index (χ1) is 13.4. The Bertz CT molecular complexity index is 738. The molecule has 0 unspecified atom stereocenters. The SMILES string of the molecule is CC(C)N(C(=O)c1cccc(CCCCCCCS(=O)(=O)C(C)(C)C)c1)C(C)C. The molecule has 1 aromatic carbocycles. The lowest BCUT2D eigenvalue weighted by molar-refractivity contribution is 0.0643. The molecule has 0 atom stereocenters. The lowest BCUT2D eigenvalue weighted by Gasteiger charge is -2.31. The molecule has 0 aromatic heterocycles. The van der Waals surface area contributed by atoms with Crippen molar-refractivity contribution in [3.05, 3.63) is 35.4 Å². The third kappa shape index (κ3) is 8.12. The van der Waals surface area contributed by atoms with Crippen molar-refractivity contribution in [2.45, 2.75) is 104 Å². The molecule has 166 valence electrons. The van der Waals surface area contributed by atoms with Crippen LogP contribution >= 0.6 is 0 Å². The first-order valence-electron chi connectivity index (χ1n) is 11.0. The van der Waals surface area contributed by atoms with Gasteiger partial charge in [-0.05, 0) is 85.4 Å². The van der Waals surface area contributed by atoms with Crippen LogP contribution < -0.4 is 0 Å². The number of sulfone groups is 1. The molecule has 0 spiro atoms. The molecule has 1 aromatic rings. The number of aryl methyl sites for hydroxylation is 1. The number of unbranched alkanes of at least 4 members (excludes halogenated alkanes) is 4. The minimum absolute atomic E-state index is 0.0944. The van der Waals surface area contributed by atoms with Crippen LogP contribution in [0.4, 0.5) is 0 Å². The number of carbonyl (C=O) groups is 1. The molecule has 0 saturated heterocycles. The number of hydrogen-bond acceptors (Lipinski definition) is 3. The van der Waals surface area contributed by atoms with Crippen LogP contribution in [0.3, 0.4) is 0 Å². The molecule has 0 saturated carbocycles. The fraction of sp³-hybridized carbons (Fsp3) is 0.708. The second kappa shape index (κ2) is 11.1. The van der Waals surface area contributed by atoms with E-state index in [9.17, 15) is 13.2 Å². The topological polar surface area (TPSA) is 54.5 Å². The first-order valence-corrected chi connectivity index (χ1v) is 12.7. The number of nitrogens with zero attached hydrogens (tertiary/aromatic N) is 1. The van der Waals surface area contributed by atoms with Gasteiger partial charge < -0.3 is 4.90 Å². The molecule has 4 nitrogen and oxygen atoms in total. The highest BCUT2D eigenvalue weighted by molar-refractivity contribution is 7.92. The van der Waals surface area contributed by atoms with E-state index in [0.717, 1.165) is 44.1 Å². The zero-order valence-electron chi connectivity index (χ0n) is 19.5. The van der Waals surface area contributed by atoms with E-state index in [1.165, 1.54) is 5.56 Å². The number of hydrogen-bond donors (Lipinski definition) is 0. The summed E-state index contributed by atoms with van der Waals surface area (Å²) in [6.45, 7) is 13.5. The van der Waals surface area contributed by atoms with E-state index in [1.807, 2.05) is 23.1 Å². The minimum atomic E-state index is -3.00. The fourth-order valence-corrected chi connectivity index (χ4v) is 4.73. The van der Waals surface area contributed by atoms with E-state index < -0.39 is 14.6 Å². The Kier molecular flexibility index (Phi) is 9.87. The van der Waals surface area contributed by atoms with Crippen molar-refractivity contribution in [3.8, 4) is 0 Å². The summed E-state index contributed by atoms with van der Waals surface area (Å²) in [5, 5.41) is 0. The summed E-state index contributed by atoms with van der Waals surface area (Å²) in [7, 11) is -3.00. The second-order valence-electron chi connectivity index (χ2n) is 9.55. The van der Waals surface area contributed by atoms with Crippen molar-refractivity contribution >= 4 is 15.7 Å². The molecule has 0 radical (unpaired) electrons. The van der Waals surface area contributed by atoms with Crippen molar-refractivity contribution in [2.24, 2.45) is 0 Å². The van der Waals surface area contributed by atoms with Gasteiger partial charge in [0.25, 0.3) is 5.91 Å². The number of benzene rings is 1. The van der Waals surface area contributed by atoms with Crippen molar-refractivity contribution in [1.82, 2.24) is 4.90 Å². The van der Waals surface area contributed by atoms with E-state index in [4.69, 9.17) is 0 Å². The molecule has 0 heterocycles. The van der Waals surface area contributed by atoms with Gasteiger partial charge in [-0.3, -0.25) is 4.79 Å². The van der Waals surface area contributed by atoms with E-state index in [2.05, 4.69) is 33.8 Å². The summed E-state index contributed by atoms with van der Waals surface area (Å²) in [5.41, 5.74) is 1.95. The largest absolute Gasteiger partial charge is 0.334 e. The molecule has 0 aliphatic carbocycles. The van der Waals surface area contributed by atoms with E-state index in [0.29, 0.717) is 0 Å². The van der Waals surface area contributed by atoms with Crippen LogP contribution in [-0.4, -0.2) is 41.8 Å². The van der Waals surface area contributed by atoms with Crippen molar-refractivity contribution in [2.75, 3.05) is 5.75 Å². The number of amides is 1. The molecule has 0 aliphatic rings. The fourth-order valence-electron chi connectivity index (χ4n) is 3.53. The van der Waals surface area contributed by atoms with Gasteiger partial charge in [0.15, 0.2) is 9.84 Å². The monoisotopic (exact) mass is 423 g/mol. The van der Waals surface area contributed by atoms with E-state index in [-0.39, 0.29) is 23.7 Å². The van der Waals surface area contributed by atoms with Crippen molar-refractivity contribution < 1.29 is 13.2 Å². The van der Waals surface area contributed by atoms with Gasteiger partial charge in [0.05, 0.1) is 10.5 Å². The molecule has 0 fully saturated rings. The normalized spacial score (nSPS) is 12.6. The summed E-state index contributed by atoms with van der Waals surface area (Å²) < 4.78 is 23.6. The maximum atomic E-state index is 12.9. The minimum Gasteiger partial charge on any atom is -0.334 e. The van der Waals surface area contributed by atoms with E-state index >= 15 is 0 Å². The highest BCUT2D eigenvalue weighted by atomic mass is 32.2. The molecular weight excluding hydrogens is 382 g/mol. The van der Waals surface area contributed by atoms with Crippen LogP contribution in [0.1, 0.15) is 96.5 Å². The summed E-state index contributed by atoms with van der Waals surface area (Å²) >= 11 is 0. The van der Waals surface area contributed by atoms with Gasteiger partial charge in [-0.15, -0.1) is 0 Å². The molecule has 1 rings (SSSR count). The van der Waals surface area contributed by atoms with Gasteiger partial charge in [-0.25, -0.2) is 8.42 Å². The van der Waals surface area contributed by atoms with Gasteiger partial charge in [0, 0.05) is 17.6 Å². The molecular formula is C24H41NO3S. The van der Waals surface area contributed by atoms with Gasteiger partial charge in [0.2, 0.25) is 0 Å². The average Bonchev–Trinajstić information content (AvgIpc) is 2.59. The number of rotatable bonds is 11. The van der Waals surface area contributed by atoms with Crippen LogP contribution in [0, 0.1) is 0 Å². The average molecular weight is 424 g/mol. The van der Waals surface area contributed by atoms with Gasteiger partial charge in [-0.2, -0.15) is 0 Å². The summed E-state index contributed by atoms with van der Waals surface area (Å²) in [5.74, 6) is 0.375. The molecule has 0 N–H and O–H groups in total. The Morgan fingerprint density at radius 1 is 0.931 bits per heavy atom. The third-order valence-electron chi connectivity index (χ3n) is 5.33. The smallest absolute Gasteiger partial charge is 0.254 e. The van der Waals surface area contributed by atoms with Crippen molar-refractivity contribution in [3.63, 3.8) is 0 Å². The quantitative estimate of drug-likeness (QED) is 0.432. The Balaban J connectivity index is 2.45. The van der Waals surface area contributed by atoms with Gasteiger partial charge in [-0.1, -0.05) is 31.4 Å². The van der Waals surface area contributed by atoms with Crippen LogP contribution in [-0.2, 0) is 16.3 Å². The first kappa shape index (κ1) is 25.7. The van der Waals surface area contributed by atoms with Crippen LogP contribution in [0.15, 0.2) is 24.3 Å². The van der Waals surface area contributed by atoms with Crippen LogP contribution in [0.5, 0.6) is 0 Å². The number of carbonyl (C=O) groups excluding carboxylic acids is 1. The standard InChI is InChI=1S/C24H41NO3S/c1-19(2)25(20(3)4)23(26)22-16-13-15-21(18-22)14-11-9-8-10-12-17-29(27,28)24(5,6)7/h13,15-16,18-20H,8-12,14,17H2,1-7H3. The van der Waals surface area contributed by atoms with E-state index in [1.54, 1.807) is 20.8 Å². The second-order valence-corrected chi connectivity index (χ2v) is 12.4. The summed E-state index contributed by atoms with van der Waals surface area (Å²) in [6.07, 6.45) is 5.83.